The summed E-state index contributed by atoms with van der Waals surface area (Å²) in [4.78, 5) is 16.7. The number of anilines is 1. The minimum absolute atomic E-state index is 0.244. The predicted molar refractivity (Wildman–Crippen MR) is 85.1 cm³/mol. The Balaban J connectivity index is 2.05. The van der Waals surface area contributed by atoms with Crippen LogP contribution >= 0.6 is 34.5 Å². The number of rotatable bonds is 4. The van der Waals surface area contributed by atoms with Crippen LogP contribution in [-0.4, -0.2) is 16.3 Å². The molecule has 2 rings (SSSR count). The molecular formula is C14H14Cl2N2OS. The number of halogens is 2. The zero-order chi connectivity index (χ0) is 14.7. The molecule has 0 fully saturated rings. The SMILES string of the molecule is Cc1ccc(Cc2cnc(NC(=O)C(C)Cl)s2)cc1Cl. The van der Waals surface area contributed by atoms with Crippen LogP contribution in [0.4, 0.5) is 5.13 Å². The van der Waals surface area contributed by atoms with E-state index >= 15 is 0 Å². The molecule has 1 atom stereocenters. The summed E-state index contributed by atoms with van der Waals surface area (Å²) >= 11 is 13.2. The van der Waals surface area contributed by atoms with Gasteiger partial charge in [-0.25, -0.2) is 4.98 Å². The predicted octanol–water partition coefficient (Wildman–Crippen LogP) is 4.26. The molecule has 106 valence electrons. The number of benzene rings is 1. The third-order valence-electron chi connectivity index (χ3n) is 2.76. The van der Waals surface area contributed by atoms with E-state index in [0.29, 0.717) is 5.13 Å². The zero-order valence-electron chi connectivity index (χ0n) is 11.1. The zero-order valence-corrected chi connectivity index (χ0v) is 13.4. The molecule has 1 unspecified atom stereocenters. The number of alkyl halides is 1. The summed E-state index contributed by atoms with van der Waals surface area (Å²) in [6.07, 6.45) is 2.50. The summed E-state index contributed by atoms with van der Waals surface area (Å²) in [6, 6.07) is 5.99. The van der Waals surface area contributed by atoms with Crippen LogP contribution in [0.3, 0.4) is 0 Å². The van der Waals surface area contributed by atoms with Crippen molar-refractivity contribution in [3.05, 3.63) is 45.4 Å². The molecule has 6 heteroatoms. The fourth-order valence-electron chi connectivity index (χ4n) is 1.60. The highest BCUT2D eigenvalue weighted by molar-refractivity contribution is 7.15. The van der Waals surface area contributed by atoms with E-state index < -0.39 is 5.38 Å². The summed E-state index contributed by atoms with van der Waals surface area (Å²) in [6.45, 7) is 3.60. The molecule has 0 saturated carbocycles. The van der Waals surface area contributed by atoms with E-state index in [1.54, 1.807) is 13.1 Å². The summed E-state index contributed by atoms with van der Waals surface area (Å²) in [5.74, 6) is -0.244. The second-order valence-corrected chi connectivity index (χ2v) is 6.67. The fraction of sp³-hybridized carbons (Fsp3) is 0.286. The first-order chi connectivity index (χ1) is 9.45. The van der Waals surface area contributed by atoms with E-state index in [2.05, 4.69) is 10.3 Å². The number of thiazole rings is 1. The maximum absolute atomic E-state index is 11.5. The number of nitrogens with zero attached hydrogens (tertiary/aromatic N) is 1. The Bertz CT molecular complexity index is 625. The molecule has 0 bridgehead atoms. The highest BCUT2D eigenvalue weighted by Crippen LogP contribution is 2.24. The van der Waals surface area contributed by atoms with Crippen LogP contribution in [0.2, 0.25) is 5.02 Å². The first-order valence-corrected chi connectivity index (χ1v) is 7.73. The molecule has 1 aromatic carbocycles. The molecule has 1 aromatic heterocycles. The van der Waals surface area contributed by atoms with Gasteiger partial charge in [0.05, 0.1) is 0 Å². The van der Waals surface area contributed by atoms with Gasteiger partial charge in [0.25, 0.3) is 0 Å². The van der Waals surface area contributed by atoms with Gasteiger partial charge in [0.15, 0.2) is 5.13 Å². The number of carbonyl (C=O) groups excluding carboxylic acids is 1. The summed E-state index contributed by atoms with van der Waals surface area (Å²) in [7, 11) is 0. The number of hydrogen-bond acceptors (Lipinski definition) is 3. The van der Waals surface area contributed by atoms with Crippen molar-refractivity contribution in [1.82, 2.24) is 4.98 Å². The summed E-state index contributed by atoms with van der Waals surface area (Å²) in [5.41, 5.74) is 2.18. The molecular weight excluding hydrogens is 315 g/mol. The average Bonchev–Trinajstić information content (AvgIpc) is 2.81. The molecule has 1 amide bonds. The second-order valence-electron chi connectivity index (χ2n) is 4.50. The lowest BCUT2D eigenvalue weighted by molar-refractivity contribution is -0.115. The number of nitrogens with one attached hydrogen (secondary N) is 1. The van der Waals surface area contributed by atoms with Gasteiger partial charge >= 0.3 is 0 Å². The highest BCUT2D eigenvalue weighted by atomic mass is 35.5. The van der Waals surface area contributed by atoms with Crippen molar-refractivity contribution >= 4 is 45.6 Å². The smallest absolute Gasteiger partial charge is 0.243 e. The largest absolute Gasteiger partial charge is 0.301 e. The molecule has 0 aliphatic rings. The standard InChI is InChI=1S/C14H14Cl2N2OS/c1-8-3-4-10(6-12(8)16)5-11-7-17-14(20-11)18-13(19)9(2)15/h3-4,6-7,9H,5H2,1-2H3,(H,17,18,19). The number of aromatic nitrogens is 1. The maximum Gasteiger partial charge on any atom is 0.243 e. The number of hydrogen-bond donors (Lipinski definition) is 1. The maximum atomic E-state index is 11.5. The van der Waals surface area contributed by atoms with Crippen LogP contribution in [0, 0.1) is 6.92 Å². The molecule has 0 aliphatic carbocycles. The third-order valence-corrected chi connectivity index (χ3v) is 4.28. The van der Waals surface area contributed by atoms with Gasteiger partial charge in [-0.1, -0.05) is 23.7 Å². The molecule has 0 radical (unpaired) electrons. The molecule has 0 aliphatic heterocycles. The monoisotopic (exact) mass is 328 g/mol. The van der Waals surface area contributed by atoms with Gasteiger partial charge in [-0.3, -0.25) is 4.79 Å². The van der Waals surface area contributed by atoms with Crippen molar-refractivity contribution in [2.45, 2.75) is 25.6 Å². The molecule has 0 spiro atoms. The van der Waals surface area contributed by atoms with Crippen molar-refractivity contribution in [2.75, 3.05) is 5.32 Å². The van der Waals surface area contributed by atoms with E-state index in [9.17, 15) is 4.79 Å². The van der Waals surface area contributed by atoms with Gasteiger partial charge in [-0.05, 0) is 31.0 Å². The second kappa shape index (κ2) is 6.57. The van der Waals surface area contributed by atoms with E-state index in [0.717, 1.165) is 27.4 Å². The van der Waals surface area contributed by atoms with Gasteiger partial charge in [-0.15, -0.1) is 22.9 Å². The van der Waals surface area contributed by atoms with Gasteiger partial charge in [0.2, 0.25) is 5.91 Å². The Hall–Kier alpha value is -1.10. The normalized spacial score (nSPS) is 12.2. The van der Waals surface area contributed by atoms with Gasteiger partial charge < -0.3 is 5.32 Å². The van der Waals surface area contributed by atoms with Crippen LogP contribution < -0.4 is 5.32 Å². The van der Waals surface area contributed by atoms with E-state index in [4.69, 9.17) is 23.2 Å². The first kappa shape index (κ1) is 15.3. The first-order valence-electron chi connectivity index (χ1n) is 6.10. The molecule has 2 aromatic rings. The van der Waals surface area contributed by atoms with E-state index in [1.807, 2.05) is 25.1 Å². The fourth-order valence-corrected chi connectivity index (χ4v) is 2.71. The van der Waals surface area contributed by atoms with Crippen LogP contribution in [0.5, 0.6) is 0 Å². The lowest BCUT2D eigenvalue weighted by atomic mass is 10.1. The number of carbonyl (C=O) groups is 1. The van der Waals surface area contributed by atoms with Gasteiger partial charge in [0, 0.05) is 22.5 Å². The van der Waals surface area contributed by atoms with Gasteiger partial charge in [-0.2, -0.15) is 0 Å². The number of amides is 1. The van der Waals surface area contributed by atoms with Crippen molar-refractivity contribution < 1.29 is 4.79 Å². The third kappa shape index (κ3) is 3.95. The van der Waals surface area contributed by atoms with Crippen molar-refractivity contribution in [3.8, 4) is 0 Å². The summed E-state index contributed by atoms with van der Waals surface area (Å²) < 4.78 is 0. The Labute approximate surface area is 131 Å². The number of aryl methyl sites for hydroxylation is 1. The van der Waals surface area contributed by atoms with Crippen molar-refractivity contribution in [2.24, 2.45) is 0 Å². The Morgan fingerprint density at radius 1 is 1.50 bits per heavy atom. The van der Waals surface area contributed by atoms with Gasteiger partial charge in [0.1, 0.15) is 5.38 Å². The van der Waals surface area contributed by atoms with E-state index in [-0.39, 0.29) is 5.91 Å². The lowest BCUT2D eigenvalue weighted by Gasteiger charge is -2.02. The minimum atomic E-state index is -0.571. The Kier molecular flexibility index (Phi) is 5.02. The van der Waals surface area contributed by atoms with Crippen molar-refractivity contribution in [3.63, 3.8) is 0 Å². The topological polar surface area (TPSA) is 42.0 Å². The molecule has 3 nitrogen and oxygen atoms in total. The highest BCUT2D eigenvalue weighted by Gasteiger charge is 2.11. The van der Waals surface area contributed by atoms with E-state index in [1.165, 1.54) is 11.3 Å². The average molecular weight is 329 g/mol. The Morgan fingerprint density at radius 2 is 2.25 bits per heavy atom. The van der Waals surface area contributed by atoms with Crippen LogP contribution in [-0.2, 0) is 11.2 Å². The summed E-state index contributed by atoms with van der Waals surface area (Å²) in [5, 5.41) is 3.43. The Morgan fingerprint density at radius 3 is 2.90 bits per heavy atom. The quantitative estimate of drug-likeness (QED) is 0.852. The minimum Gasteiger partial charge on any atom is -0.301 e. The molecule has 1 heterocycles. The van der Waals surface area contributed by atoms with Crippen molar-refractivity contribution in [1.29, 1.82) is 0 Å². The molecule has 1 N–H and O–H groups in total. The van der Waals surface area contributed by atoms with Crippen LogP contribution in [0.1, 0.15) is 22.9 Å². The molecule has 20 heavy (non-hydrogen) atoms. The van der Waals surface area contributed by atoms with Crippen LogP contribution in [0.15, 0.2) is 24.4 Å². The lowest BCUT2D eigenvalue weighted by Crippen LogP contribution is -2.19. The molecule has 0 saturated heterocycles. The van der Waals surface area contributed by atoms with Crippen LogP contribution in [0.25, 0.3) is 0 Å².